The maximum atomic E-state index is 13.1. The van der Waals surface area contributed by atoms with Crippen LogP contribution in [0.3, 0.4) is 0 Å². The van der Waals surface area contributed by atoms with Crippen molar-refractivity contribution in [1.82, 2.24) is 4.72 Å². The van der Waals surface area contributed by atoms with Gasteiger partial charge in [-0.15, -0.1) is 0 Å². The van der Waals surface area contributed by atoms with Gasteiger partial charge in [0.25, 0.3) is 0 Å². The predicted molar refractivity (Wildman–Crippen MR) is 69.4 cm³/mol. The predicted octanol–water partition coefficient (Wildman–Crippen LogP) is 2.30. The van der Waals surface area contributed by atoms with Crippen LogP contribution in [0, 0.1) is 5.82 Å². The first-order valence-corrected chi connectivity index (χ1v) is 7.69. The summed E-state index contributed by atoms with van der Waals surface area (Å²) >= 11 is 0. The third-order valence-corrected chi connectivity index (χ3v) is 4.26. The highest BCUT2D eigenvalue weighted by Crippen LogP contribution is 2.22. The van der Waals surface area contributed by atoms with Crippen LogP contribution in [0.5, 0.6) is 0 Å². The van der Waals surface area contributed by atoms with Gasteiger partial charge in [0.1, 0.15) is 5.82 Å². The molecule has 1 aromatic carbocycles. The van der Waals surface area contributed by atoms with Crippen LogP contribution >= 0.6 is 0 Å². The van der Waals surface area contributed by atoms with Gasteiger partial charge in [0.15, 0.2) is 0 Å². The molecule has 0 radical (unpaired) electrons. The van der Waals surface area contributed by atoms with E-state index in [0.29, 0.717) is 0 Å². The Morgan fingerprint density at radius 2 is 1.86 bits per heavy atom. The summed E-state index contributed by atoms with van der Waals surface area (Å²) in [7, 11) is -3.99. The van der Waals surface area contributed by atoms with Gasteiger partial charge in [-0.05, 0) is 30.5 Å². The summed E-state index contributed by atoms with van der Waals surface area (Å²) in [6.07, 6.45) is -5.37. The third kappa shape index (κ3) is 5.98. The maximum absolute atomic E-state index is 13.1. The number of nitrogens with one attached hydrogen (secondary N) is 1. The Balaban J connectivity index is 2.64. The summed E-state index contributed by atoms with van der Waals surface area (Å²) in [5.74, 6) is -0.732. The molecule has 3 N–H and O–H groups in total. The molecule has 0 aromatic heterocycles. The second-order valence-corrected chi connectivity index (χ2v) is 6.16. The van der Waals surface area contributed by atoms with Crippen molar-refractivity contribution >= 4 is 10.0 Å². The van der Waals surface area contributed by atoms with Gasteiger partial charge >= 0.3 is 6.18 Å². The number of hydrogen-bond acceptors (Lipinski definition) is 3. The number of hydrogen-bond donors (Lipinski definition) is 2. The molecular formula is C12H16F4N2O2S. The molecule has 0 spiro atoms. The van der Waals surface area contributed by atoms with Gasteiger partial charge in [-0.1, -0.05) is 6.07 Å². The van der Waals surface area contributed by atoms with Crippen molar-refractivity contribution in [2.45, 2.75) is 36.9 Å². The molecule has 21 heavy (non-hydrogen) atoms. The van der Waals surface area contributed by atoms with E-state index in [1.54, 1.807) is 0 Å². The van der Waals surface area contributed by atoms with Gasteiger partial charge in [-0.2, -0.15) is 13.2 Å². The van der Waals surface area contributed by atoms with Crippen molar-refractivity contribution in [2.75, 3.05) is 6.54 Å². The van der Waals surface area contributed by atoms with Crippen LogP contribution in [-0.2, 0) is 16.6 Å². The van der Waals surface area contributed by atoms with Crippen LogP contribution in [0.2, 0.25) is 0 Å². The topological polar surface area (TPSA) is 72.2 Å². The van der Waals surface area contributed by atoms with E-state index in [1.165, 1.54) is 6.07 Å². The van der Waals surface area contributed by atoms with Crippen molar-refractivity contribution < 1.29 is 26.0 Å². The van der Waals surface area contributed by atoms with Crippen molar-refractivity contribution in [2.24, 2.45) is 5.73 Å². The lowest BCUT2D eigenvalue weighted by Crippen LogP contribution is -2.26. The minimum atomic E-state index is -4.26. The van der Waals surface area contributed by atoms with E-state index in [0.717, 1.165) is 12.1 Å². The summed E-state index contributed by atoms with van der Waals surface area (Å²) < 4.78 is 75.0. The molecule has 0 saturated heterocycles. The second-order valence-electron chi connectivity index (χ2n) is 4.43. The van der Waals surface area contributed by atoms with Gasteiger partial charge in [0.2, 0.25) is 10.0 Å². The Morgan fingerprint density at radius 1 is 1.19 bits per heavy atom. The lowest BCUT2D eigenvalue weighted by Gasteiger charge is -2.11. The summed E-state index contributed by atoms with van der Waals surface area (Å²) in [5.41, 5.74) is 5.62. The molecule has 120 valence electrons. The first-order chi connectivity index (χ1) is 9.65. The monoisotopic (exact) mass is 328 g/mol. The van der Waals surface area contributed by atoms with Crippen molar-refractivity contribution in [3.63, 3.8) is 0 Å². The molecule has 0 aliphatic heterocycles. The highest BCUT2D eigenvalue weighted by Gasteiger charge is 2.26. The largest absolute Gasteiger partial charge is 0.389 e. The molecule has 0 bridgehead atoms. The molecule has 1 rings (SSSR count). The average molecular weight is 328 g/mol. The quantitative estimate of drug-likeness (QED) is 0.596. The standard InChI is InChI=1S/C12H16F4N2O2S/c13-10-4-3-9(8-17)11(7-10)21(19,20)18-6-2-1-5-12(14,15)16/h3-4,7,18H,1-2,5-6,8,17H2. The van der Waals surface area contributed by atoms with Crippen LogP contribution < -0.4 is 10.5 Å². The van der Waals surface area contributed by atoms with Gasteiger partial charge in [-0.3, -0.25) is 0 Å². The number of rotatable bonds is 7. The van der Waals surface area contributed by atoms with E-state index in [4.69, 9.17) is 5.73 Å². The van der Waals surface area contributed by atoms with Crippen molar-refractivity contribution in [3.8, 4) is 0 Å². The van der Waals surface area contributed by atoms with E-state index in [2.05, 4.69) is 4.72 Å². The molecule has 0 heterocycles. The molecule has 0 unspecified atom stereocenters. The van der Waals surface area contributed by atoms with Crippen LogP contribution in [0.15, 0.2) is 23.1 Å². The van der Waals surface area contributed by atoms with Gasteiger partial charge in [-0.25, -0.2) is 17.5 Å². The maximum Gasteiger partial charge on any atom is 0.389 e. The summed E-state index contributed by atoms with van der Waals surface area (Å²) in [5, 5.41) is 0. The minimum Gasteiger partial charge on any atom is -0.326 e. The smallest absolute Gasteiger partial charge is 0.326 e. The number of halogens is 4. The Bertz CT molecular complexity index is 573. The van der Waals surface area contributed by atoms with E-state index in [1.807, 2.05) is 0 Å². The molecule has 0 saturated carbocycles. The van der Waals surface area contributed by atoms with Gasteiger partial charge in [0, 0.05) is 19.5 Å². The van der Waals surface area contributed by atoms with Crippen LogP contribution in [-0.4, -0.2) is 21.1 Å². The normalized spacial score (nSPS) is 12.6. The molecule has 0 amide bonds. The Kier molecular flexibility index (Phi) is 6.11. The van der Waals surface area contributed by atoms with E-state index < -0.39 is 28.4 Å². The zero-order valence-electron chi connectivity index (χ0n) is 11.1. The fourth-order valence-electron chi connectivity index (χ4n) is 1.68. The summed E-state index contributed by atoms with van der Waals surface area (Å²) in [6.45, 7) is -0.246. The summed E-state index contributed by atoms with van der Waals surface area (Å²) in [6, 6.07) is 3.18. The van der Waals surface area contributed by atoms with Crippen molar-refractivity contribution in [3.05, 3.63) is 29.6 Å². The third-order valence-electron chi connectivity index (χ3n) is 2.72. The number of alkyl halides is 3. The van der Waals surface area contributed by atoms with Gasteiger partial charge < -0.3 is 5.73 Å². The zero-order valence-corrected chi connectivity index (χ0v) is 11.9. The number of unbranched alkanes of at least 4 members (excludes halogenated alkanes) is 1. The lowest BCUT2D eigenvalue weighted by atomic mass is 10.2. The molecule has 9 heteroatoms. The fourth-order valence-corrected chi connectivity index (χ4v) is 3.01. The molecule has 0 fully saturated rings. The van der Waals surface area contributed by atoms with Crippen molar-refractivity contribution in [1.29, 1.82) is 0 Å². The van der Waals surface area contributed by atoms with Crippen LogP contribution in [0.4, 0.5) is 17.6 Å². The SMILES string of the molecule is NCc1ccc(F)cc1S(=O)(=O)NCCCCC(F)(F)F. The highest BCUT2D eigenvalue weighted by molar-refractivity contribution is 7.89. The number of sulfonamides is 1. The van der Waals surface area contributed by atoms with E-state index in [9.17, 15) is 26.0 Å². The van der Waals surface area contributed by atoms with Crippen LogP contribution in [0.1, 0.15) is 24.8 Å². The Labute approximate surface area is 120 Å². The average Bonchev–Trinajstić information content (AvgIpc) is 2.36. The van der Waals surface area contributed by atoms with E-state index >= 15 is 0 Å². The minimum absolute atomic E-state index is 0.0337. The lowest BCUT2D eigenvalue weighted by molar-refractivity contribution is -0.135. The first-order valence-electron chi connectivity index (χ1n) is 6.20. The first kappa shape index (κ1) is 17.9. The Morgan fingerprint density at radius 3 is 2.43 bits per heavy atom. The fraction of sp³-hybridized carbons (Fsp3) is 0.500. The molecular weight excluding hydrogens is 312 g/mol. The molecule has 0 aliphatic rings. The molecule has 4 nitrogen and oxygen atoms in total. The molecule has 0 atom stereocenters. The molecule has 0 aliphatic carbocycles. The Hall–Kier alpha value is -1.19. The van der Waals surface area contributed by atoms with E-state index in [-0.39, 0.29) is 36.4 Å². The second kappa shape index (κ2) is 7.19. The number of nitrogens with two attached hydrogens (primary N) is 1. The van der Waals surface area contributed by atoms with Crippen LogP contribution in [0.25, 0.3) is 0 Å². The number of benzene rings is 1. The van der Waals surface area contributed by atoms with Gasteiger partial charge in [0.05, 0.1) is 4.90 Å². The molecule has 1 aromatic rings. The zero-order chi connectivity index (χ0) is 16.1. The summed E-state index contributed by atoms with van der Waals surface area (Å²) in [4.78, 5) is -0.291. The highest BCUT2D eigenvalue weighted by atomic mass is 32.2.